The van der Waals surface area contributed by atoms with E-state index in [-0.39, 0.29) is 30.0 Å². The predicted octanol–water partition coefficient (Wildman–Crippen LogP) is 2.88. The van der Waals surface area contributed by atoms with Gasteiger partial charge in [0.25, 0.3) is 5.91 Å². The molecular weight excluding hydrogens is 405 g/mol. The number of aliphatic hydroxyl groups is 1. The molecule has 2 heterocycles. The van der Waals surface area contributed by atoms with Crippen molar-refractivity contribution in [2.75, 3.05) is 19.6 Å². The minimum atomic E-state index is -4.78. The smallest absolute Gasteiger partial charge is 0.472 e. The third-order valence-electron chi connectivity index (χ3n) is 4.89. The van der Waals surface area contributed by atoms with Crippen LogP contribution >= 0.6 is 0 Å². The summed E-state index contributed by atoms with van der Waals surface area (Å²) in [4.78, 5) is 26.3. The molecule has 1 fully saturated rings. The van der Waals surface area contributed by atoms with Crippen LogP contribution in [0.15, 0.2) is 47.3 Å². The maximum Gasteiger partial charge on any atom is 0.573 e. The highest BCUT2D eigenvalue weighted by Gasteiger charge is 2.31. The van der Waals surface area contributed by atoms with E-state index in [1.54, 1.807) is 11.0 Å². The van der Waals surface area contributed by atoms with Gasteiger partial charge in [0.1, 0.15) is 12.0 Å². The van der Waals surface area contributed by atoms with Gasteiger partial charge in [-0.15, -0.1) is 13.2 Å². The fourth-order valence-corrected chi connectivity index (χ4v) is 3.26. The summed E-state index contributed by atoms with van der Waals surface area (Å²) in [5.41, 5.74) is 0.818. The molecule has 2 amide bonds. The van der Waals surface area contributed by atoms with Gasteiger partial charge in [0, 0.05) is 25.6 Å². The van der Waals surface area contributed by atoms with Crippen molar-refractivity contribution in [2.45, 2.75) is 25.3 Å². The summed E-state index contributed by atoms with van der Waals surface area (Å²) < 4.78 is 45.2. The Hall–Kier alpha value is -3.01. The number of carbonyl (C=O) groups is 2. The Morgan fingerprint density at radius 3 is 2.43 bits per heavy atom. The van der Waals surface area contributed by atoms with E-state index in [0.717, 1.165) is 12.1 Å². The molecule has 10 heteroatoms. The number of nitrogens with zero attached hydrogens (tertiary/aromatic N) is 1. The lowest BCUT2D eigenvalue weighted by Crippen LogP contribution is -2.43. The van der Waals surface area contributed by atoms with Gasteiger partial charge < -0.3 is 24.5 Å². The van der Waals surface area contributed by atoms with E-state index in [9.17, 15) is 27.9 Å². The second kappa shape index (κ2) is 9.21. The lowest BCUT2D eigenvalue weighted by atomic mass is 9.95. The predicted molar refractivity (Wildman–Crippen MR) is 98.4 cm³/mol. The number of nitrogens with one attached hydrogen (secondary N) is 1. The van der Waals surface area contributed by atoms with Crippen molar-refractivity contribution in [2.24, 2.45) is 5.92 Å². The molecule has 0 radical (unpaired) electrons. The Bertz CT molecular complexity index is 844. The van der Waals surface area contributed by atoms with Crippen LogP contribution in [0.4, 0.5) is 13.2 Å². The molecule has 2 N–H and O–H groups in total. The third kappa shape index (κ3) is 5.76. The molecule has 0 aliphatic carbocycles. The SMILES string of the molecule is O=C(NCC(O)c1ccc(OC(F)(F)F)cc1)C1CCN(C(=O)c2ccoc2)CC1. The molecule has 0 saturated carbocycles. The van der Waals surface area contributed by atoms with E-state index in [1.807, 2.05) is 0 Å². The molecular formula is C20H21F3N2O5. The lowest BCUT2D eigenvalue weighted by Gasteiger charge is -2.31. The summed E-state index contributed by atoms with van der Waals surface area (Å²) in [6, 6.07) is 6.39. The maximum atomic E-state index is 12.4. The molecule has 0 bridgehead atoms. The fraction of sp³-hybridized carbons (Fsp3) is 0.400. The number of hydrogen-bond acceptors (Lipinski definition) is 5. The molecule has 1 aromatic carbocycles. The average Bonchev–Trinajstić information content (AvgIpc) is 3.25. The van der Waals surface area contributed by atoms with E-state index in [0.29, 0.717) is 37.1 Å². The van der Waals surface area contributed by atoms with E-state index in [1.165, 1.54) is 24.7 Å². The van der Waals surface area contributed by atoms with Gasteiger partial charge in [0.2, 0.25) is 5.91 Å². The van der Waals surface area contributed by atoms with Crippen LogP contribution in [0, 0.1) is 5.92 Å². The standard InChI is InChI=1S/C20H21F3N2O5/c21-20(22,23)30-16-3-1-13(2-4-16)17(26)11-24-18(27)14-5-8-25(9-6-14)19(28)15-7-10-29-12-15/h1-4,7,10,12,14,17,26H,5-6,8-9,11H2,(H,24,27). The van der Waals surface area contributed by atoms with Gasteiger partial charge in [-0.1, -0.05) is 12.1 Å². The first-order valence-electron chi connectivity index (χ1n) is 9.36. The van der Waals surface area contributed by atoms with Crippen LogP contribution in [-0.2, 0) is 4.79 Å². The van der Waals surface area contributed by atoms with Crippen molar-refractivity contribution in [3.05, 3.63) is 54.0 Å². The van der Waals surface area contributed by atoms with Crippen LogP contribution in [0.3, 0.4) is 0 Å². The number of likely N-dealkylation sites (tertiary alicyclic amines) is 1. The molecule has 162 valence electrons. The molecule has 1 aliphatic heterocycles. The summed E-state index contributed by atoms with van der Waals surface area (Å²) in [5, 5.41) is 12.8. The molecule has 2 aromatic rings. The van der Waals surface area contributed by atoms with Gasteiger partial charge in [-0.2, -0.15) is 0 Å². The highest BCUT2D eigenvalue weighted by atomic mass is 19.4. The Balaban J connectivity index is 1.44. The number of hydrogen-bond donors (Lipinski definition) is 2. The highest BCUT2D eigenvalue weighted by Crippen LogP contribution is 2.24. The number of rotatable bonds is 6. The van der Waals surface area contributed by atoms with Gasteiger partial charge in [-0.05, 0) is 36.6 Å². The number of benzene rings is 1. The number of piperidine rings is 1. The van der Waals surface area contributed by atoms with Crippen molar-refractivity contribution in [3.63, 3.8) is 0 Å². The first kappa shape index (κ1) is 21.7. The summed E-state index contributed by atoms with van der Waals surface area (Å²) in [6.07, 6.45) is -2.06. The minimum Gasteiger partial charge on any atom is -0.472 e. The lowest BCUT2D eigenvalue weighted by molar-refractivity contribution is -0.274. The second-order valence-electron chi connectivity index (χ2n) is 6.96. The van der Waals surface area contributed by atoms with E-state index in [2.05, 4.69) is 10.1 Å². The van der Waals surface area contributed by atoms with E-state index < -0.39 is 12.5 Å². The molecule has 0 spiro atoms. The zero-order valence-electron chi connectivity index (χ0n) is 15.9. The number of amides is 2. The topological polar surface area (TPSA) is 92.0 Å². The Morgan fingerprint density at radius 2 is 1.87 bits per heavy atom. The molecule has 3 rings (SSSR count). The first-order chi connectivity index (χ1) is 14.2. The first-order valence-corrected chi connectivity index (χ1v) is 9.36. The fourth-order valence-electron chi connectivity index (χ4n) is 3.26. The van der Waals surface area contributed by atoms with Gasteiger partial charge >= 0.3 is 6.36 Å². The quantitative estimate of drug-likeness (QED) is 0.741. The van der Waals surface area contributed by atoms with Gasteiger partial charge in [0.15, 0.2) is 0 Å². The molecule has 1 saturated heterocycles. The van der Waals surface area contributed by atoms with Gasteiger partial charge in [-0.25, -0.2) is 0 Å². The molecule has 1 atom stereocenters. The van der Waals surface area contributed by atoms with E-state index >= 15 is 0 Å². The largest absolute Gasteiger partial charge is 0.573 e. The number of aliphatic hydroxyl groups excluding tert-OH is 1. The number of ether oxygens (including phenoxy) is 1. The van der Waals surface area contributed by atoms with Crippen LogP contribution in [0.1, 0.15) is 34.9 Å². The second-order valence-corrected chi connectivity index (χ2v) is 6.96. The van der Waals surface area contributed by atoms with Crippen molar-refractivity contribution < 1.29 is 37.0 Å². The number of alkyl halides is 3. The summed E-state index contributed by atoms with van der Waals surface area (Å²) in [7, 11) is 0. The zero-order chi connectivity index (χ0) is 21.7. The van der Waals surface area contributed by atoms with Gasteiger partial charge in [-0.3, -0.25) is 9.59 Å². The van der Waals surface area contributed by atoms with Crippen LogP contribution in [0.5, 0.6) is 5.75 Å². The van der Waals surface area contributed by atoms with Crippen LogP contribution in [0.25, 0.3) is 0 Å². The van der Waals surface area contributed by atoms with Crippen LogP contribution in [0.2, 0.25) is 0 Å². The Morgan fingerprint density at radius 1 is 1.20 bits per heavy atom. The number of carbonyl (C=O) groups excluding carboxylic acids is 2. The summed E-state index contributed by atoms with van der Waals surface area (Å²) in [6.45, 7) is 0.795. The zero-order valence-corrected chi connectivity index (χ0v) is 15.9. The maximum absolute atomic E-state index is 12.4. The molecule has 1 aliphatic rings. The van der Waals surface area contributed by atoms with Crippen molar-refractivity contribution in [3.8, 4) is 5.75 Å². The minimum absolute atomic E-state index is 0.0769. The van der Waals surface area contributed by atoms with E-state index in [4.69, 9.17) is 4.42 Å². The molecule has 30 heavy (non-hydrogen) atoms. The number of furan rings is 1. The summed E-state index contributed by atoms with van der Waals surface area (Å²) >= 11 is 0. The van der Waals surface area contributed by atoms with Crippen LogP contribution < -0.4 is 10.1 Å². The van der Waals surface area contributed by atoms with Crippen molar-refractivity contribution in [1.29, 1.82) is 0 Å². The molecule has 1 aromatic heterocycles. The number of halogens is 3. The highest BCUT2D eigenvalue weighted by molar-refractivity contribution is 5.94. The summed E-state index contributed by atoms with van der Waals surface area (Å²) in [5.74, 6) is -1.05. The van der Waals surface area contributed by atoms with Crippen molar-refractivity contribution >= 4 is 11.8 Å². The Kier molecular flexibility index (Phi) is 6.66. The van der Waals surface area contributed by atoms with Crippen LogP contribution in [-0.4, -0.2) is 47.8 Å². The van der Waals surface area contributed by atoms with Gasteiger partial charge in [0.05, 0.1) is 17.9 Å². The molecule has 7 nitrogen and oxygen atoms in total. The Labute approximate surface area is 170 Å². The average molecular weight is 426 g/mol. The monoisotopic (exact) mass is 426 g/mol. The third-order valence-corrected chi connectivity index (χ3v) is 4.89. The van der Waals surface area contributed by atoms with Crippen molar-refractivity contribution in [1.82, 2.24) is 10.2 Å². The normalized spacial score (nSPS) is 16.2. The molecule has 1 unspecified atom stereocenters.